The van der Waals surface area contributed by atoms with E-state index in [1.54, 1.807) is 0 Å². The molecule has 0 radical (unpaired) electrons. The van der Waals surface area contributed by atoms with E-state index in [1.807, 2.05) is 18.2 Å². The fourth-order valence-corrected chi connectivity index (χ4v) is 3.37. The zero-order valence-electron chi connectivity index (χ0n) is 13.1. The summed E-state index contributed by atoms with van der Waals surface area (Å²) < 4.78 is 0. The molecule has 1 aromatic carbocycles. The lowest BCUT2D eigenvalue weighted by Crippen LogP contribution is -2.45. The maximum Gasteiger partial charge on any atom is 0.220 e. The Morgan fingerprint density at radius 3 is 2.76 bits per heavy atom. The Bertz CT molecular complexity index is 460. The molecule has 3 unspecified atom stereocenters. The van der Waals surface area contributed by atoms with Crippen LogP contribution in [-0.2, 0) is 4.79 Å². The molecule has 2 N–H and O–H groups in total. The van der Waals surface area contributed by atoms with E-state index in [1.165, 1.54) is 5.56 Å². The average molecular weight is 289 g/mol. The summed E-state index contributed by atoms with van der Waals surface area (Å²) in [5.41, 5.74) is 1.08. The topological polar surface area (TPSA) is 49.3 Å². The number of aliphatic hydroxyl groups is 1. The SMILES string of the molecule is CCC(CC(=O)NC1CCCC1(C)CO)c1ccccc1. The van der Waals surface area contributed by atoms with Crippen LogP contribution in [0.25, 0.3) is 0 Å². The summed E-state index contributed by atoms with van der Waals surface area (Å²) in [5, 5.41) is 12.7. The smallest absolute Gasteiger partial charge is 0.220 e. The molecule has 1 amide bonds. The zero-order chi connectivity index (χ0) is 15.3. The van der Waals surface area contributed by atoms with Gasteiger partial charge in [-0.1, -0.05) is 50.6 Å². The van der Waals surface area contributed by atoms with Crippen molar-refractivity contribution < 1.29 is 9.90 Å². The van der Waals surface area contributed by atoms with Crippen LogP contribution in [0.1, 0.15) is 57.4 Å². The van der Waals surface area contributed by atoms with Crippen molar-refractivity contribution in [2.24, 2.45) is 5.41 Å². The third-order valence-electron chi connectivity index (χ3n) is 4.97. The van der Waals surface area contributed by atoms with Crippen molar-refractivity contribution in [3.8, 4) is 0 Å². The molecule has 3 nitrogen and oxygen atoms in total. The number of carbonyl (C=O) groups excluding carboxylic acids is 1. The predicted molar refractivity (Wildman–Crippen MR) is 85.1 cm³/mol. The van der Waals surface area contributed by atoms with Crippen molar-refractivity contribution in [3.05, 3.63) is 35.9 Å². The Morgan fingerprint density at radius 1 is 1.43 bits per heavy atom. The van der Waals surface area contributed by atoms with Gasteiger partial charge in [0.05, 0.1) is 6.61 Å². The van der Waals surface area contributed by atoms with Gasteiger partial charge in [0.1, 0.15) is 0 Å². The summed E-state index contributed by atoms with van der Waals surface area (Å²) in [7, 11) is 0. The third kappa shape index (κ3) is 3.85. The van der Waals surface area contributed by atoms with Crippen LogP contribution in [-0.4, -0.2) is 23.7 Å². The minimum absolute atomic E-state index is 0.109. The van der Waals surface area contributed by atoms with Crippen molar-refractivity contribution in [3.63, 3.8) is 0 Å². The molecule has 3 atom stereocenters. The quantitative estimate of drug-likeness (QED) is 0.844. The molecular formula is C18H27NO2. The fourth-order valence-electron chi connectivity index (χ4n) is 3.37. The molecule has 0 heterocycles. The van der Waals surface area contributed by atoms with Gasteiger partial charge in [0.2, 0.25) is 5.91 Å². The first kappa shape index (κ1) is 16.0. The minimum atomic E-state index is -0.149. The maximum absolute atomic E-state index is 12.4. The van der Waals surface area contributed by atoms with E-state index in [-0.39, 0.29) is 29.9 Å². The van der Waals surface area contributed by atoms with Gasteiger partial charge in [0.15, 0.2) is 0 Å². The average Bonchev–Trinajstić information content (AvgIpc) is 2.87. The minimum Gasteiger partial charge on any atom is -0.396 e. The standard InChI is InChI=1S/C18H27NO2/c1-3-14(15-8-5-4-6-9-15)12-17(21)19-16-10-7-11-18(16,2)13-20/h4-6,8-9,14,16,20H,3,7,10-13H2,1-2H3,(H,19,21). The molecule has 1 aliphatic rings. The summed E-state index contributed by atoms with van der Waals surface area (Å²) >= 11 is 0. The van der Waals surface area contributed by atoms with Crippen LogP contribution >= 0.6 is 0 Å². The van der Waals surface area contributed by atoms with Crippen LogP contribution in [0.4, 0.5) is 0 Å². The Balaban J connectivity index is 1.95. The second-order valence-electron chi connectivity index (χ2n) is 6.54. The lowest BCUT2D eigenvalue weighted by molar-refractivity contribution is -0.123. The summed E-state index contributed by atoms with van der Waals surface area (Å²) in [5.74, 6) is 0.380. The first-order chi connectivity index (χ1) is 10.1. The highest BCUT2D eigenvalue weighted by Gasteiger charge is 2.39. The second kappa shape index (κ2) is 7.08. The van der Waals surface area contributed by atoms with Gasteiger partial charge < -0.3 is 10.4 Å². The Morgan fingerprint density at radius 2 is 2.14 bits per heavy atom. The van der Waals surface area contributed by atoms with Crippen molar-refractivity contribution in [2.75, 3.05) is 6.61 Å². The van der Waals surface area contributed by atoms with E-state index in [4.69, 9.17) is 0 Å². The molecule has 3 heteroatoms. The molecule has 0 bridgehead atoms. The number of hydrogen-bond acceptors (Lipinski definition) is 2. The highest BCUT2D eigenvalue weighted by atomic mass is 16.3. The third-order valence-corrected chi connectivity index (χ3v) is 4.97. The monoisotopic (exact) mass is 289 g/mol. The van der Waals surface area contributed by atoms with Gasteiger partial charge in [-0.05, 0) is 30.7 Å². The lowest BCUT2D eigenvalue weighted by Gasteiger charge is -2.30. The number of nitrogens with one attached hydrogen (secondary N) is 1. The van der Waals surface area contributed by atoms with Gasteiger partial charge >= 0.3 is 0 Å². The van der Waals surface area contributed by atoms with Gasteiger partial charge in [-0.25, -0.2) is 0 Å². The van der Waals surface area contributed by atoms with E-state index < -0.39 is 0 Å². The van der Waals surface area contributed by atoms with Gasteiger partial charge in [0.25, 0.3) is 0 Å². The summed E-state index contributed by atoms with van der Waals surface area (Å²) in [6.45, 7) is 4.34. The van der Waals surface area contributed by atoms with Crippen LogP contribution in [0.5, 0.6) is 0 Å². The van der Waals surface area contributed by atoms with E-state index in [0.29, 0.717) is 6.42 Å². The molecule has 1 aliphatic carbocycles. The second-order valence-corrected chi connectivity index (χ2v) is 6.54. The normalized spacial score (nSPS) is 26.5. The van der Waals surface area contributed by atoms with Crippen LogP contribution in [0.2, 0.25) is 0 Å². The van der Waals surface area contributed by atoms with Crippen molar-refractivity contribution in [1.29, 1.82) is 0 Å². The van der Waals surface area contributed by atoms with Crippen LogP contribution < -0.4 is 5.32 Å². The largest absolute Gasteiger partial charge is 0.396 e. The molecule has 116 valence electrons. The van der Waals surface area contributed by atoms with Crippen LogP contribution in [0, 0.1) is 5.41 Å². The van der Waals surface area contributed by atoms with E-state index in [2.05, 4.69) is 31.3 Å². The van der Waals surface area contributed by atoms with Crippen LogP contribution in [0.15, 0.2) is 30.3 Å². The molecule has 21 heavy (non-hydrogen) atoms. The van der Waals surface area contributed by atoms with Gasteiger partial charge in [-0.2, -0.15) is 0 Å². The van der Waals surface area contributed by atoms with Crippen LogP contribution in [0.3, 0.4) is 0 Å². The fraction of sp³-hybridized carbons (Fsp3) is 0.611. The Hall–Kier alpha value is -1.35. The van der Waals surface area contributed by atoms with Crippen molar-refractivity contribution >= 4 is 5.91 Å². The molecule has 0 saturated heterocycles. The molecule has 1 aromatic rings. The summed E-state index contributed by atoms with van der Waals surface area (Å²) in [4.78, 5) is 12.4. The highest BCUT2D eigenvalue weighted by molar-refractivity contribution is 5.77. The first-order valence-corrected chi connectivity index (χ1v) is 8.04. The lowest BCUT2D eigenvalue weighted by atomic mass is 9.85. The Labute approximate surface area is 127 Å². The number of aliphatic hydroxyl groups excluding tert-OH is 1. The van der Waals surface area contributed by atoms with E-state index in [9.17, 15) is 9.90 Å². The number of rotatable bonds is 6. The van der Waals surface area contributed by atoms with Crippen molar-refractivity contribution in [1.82, 2.24) is 5.32 Å². The molecule has 0 aromatic heterocycles. The zero-order valence-corrected chi connectivity index (χ0v) is 13.1. The molecule has 0 aliphatic heterocycles. The number of carbonyl (C=O) groups is 1. The molecular weight excluding hydrogens is 262 g/mol. The first-order valence-electron chi connectivity index (χ1n) is 8.04. The number of benzene rings is 1. The Kier molecular flexibility index (Phi) is 5.40. The summed E-state index contributed by atoms with van der Waals surface area (Å²) in [6.07, 6.45) is 4.53. The number of hydrogen-bond donors (Lipinski definition) is 2. The van der Waals surface area contributed by atoms with E-state index >= 15 is 0 Å². The van der Waals surface area contributed by atoms with E-state index in [0.717, 1.165) is 25.7 Å². The number of amides is 1. The molecule has 2 rings (SSSR count). The molecule has 1 saturated carbocycles. The predicted octanol–water partition coefficient (Wildman–Crippen LogP) is 3.24. The molecule has 0 spiro atoms. The van der Waals surface area contributed by atoms with Gasteiger partial charge in [0, 0.05) is 17.9 Å². The maximum atomic E-state index is 12.4. The van der Waals surface area contributed by atoms with Gasteiger partial charge in [-0.15, -0.1) is 0 Å². The van der Waals surface area contributed by atoms with Gasteiger partial charge in [-0.3, -0.25) is 4.79 Å². The highest BCUT2D eigenvalue weighted by Crippen LogP contribution is 2.37. The molecule has 1 fully saturated rings. The summed E-state index contributed by atoms with van der Waals surface area (Å²) in [6, 6.07) is 10.3. The van der Waals surface area contributed by atoms with Crippen molar-refractivity contribution in [2.45, 2.75) is 57.9 Å².